The van der Waals surface area contributed by atoms with E-state index in [1.807, 2.05) is 47.4 Å². The molecule has 0 fully saturated rings. The van der Waals surface area contributed by atoms with Crippen LogP contribution in [0.25, 0.3) is 22.1 Å². The summed E-state index contributed by atoms with van der Waals surface area (Å²) in [5.41, 5.74) is 2.93. The van der Waals surface area contributed by atoms with E-state index in [9.17, 15) is 14.7 Å². The SMILES string of the molecule is CCOC(=O)CCN(Cc1cccnc1)Cc1c(O)ccc2c(=O)c(-c3ccccc3)c(C)oc12. The second kappa shape index (κ2) is 11.0. The van der Waals surface area contributed by atoms with E-state index in [0.29, 0.717) is 47.6 Å². The van der Waals surface area contributed by atoms with Crippen LogP contribution in [0.3, 0.4) is 0 Å². The third-order valence-electron chi connectivity index (χ3n) is 5.83. The minimum absolute atomic E-state index is 0.0276. The van der Waals surface area contributed by atoms with E-state index >= 15 is 0 Å². The Hall–Kier alpha value is -3.97. The summed E-state index contributed by atoms with van der Waals surface area (Å²) in [6, 6.07) is 16.3. The largest absolute Gasteiger partial charge is 0.507 e. The number of hydrogen-bond acceptors (Lipinski definition) is 7. The maximum Gasteiger partial charge on any atom is 0.307 e. The van der Waals surface area contributed by atoms with E-state index in [2.05, 4.69) is 4.98 Å². The number of rotatable bonds is 9. The summed E-state index contributed by atoms with van der Waals surface area (Å²) in [6.07, 6.45) is 3.65. The lowest BCUT2D eigenvalue weighted by Crippen LogP contribution is -2.26. The van der Waals surface area contributed by atoms with Gasteiger partial charge in [0.2, 0.25) is 5.43 Å². The second-order valence-electron chi connectivity index (χ2n) is 8.30. The fourth-order valence-corrected chi connectivity index (χ4v) is 4.17. The van der Waals surface area contributed by atoms with Crippen LogP contribution in [0.1, 0.15) is 30.2 Å². The highest BCUT2D eigenvalue weighted by molar-refractivity contribution is 5.86. The second-order valence-corrected chi connectivity index (χ2v) is 8.30. The fourth-order valence-electron chi connectivity index (χ4n) is 4.17. The van der Waals surface area contributed by atoms with Crippen molar-refractivity contribution >= 4 is 16.9 Å². The first-order chi connectivity index (χ1) is 17.0. The van der Waals surface area contributed by atoms with Gasteiger partial charge in [0.05, 0.1) is 29.5 Å². The Balaban J connectivity index is 1.73. The topological polar surface area (TPSA) is 92.9 Å². The van der Waals surface area contributed by atoms with Crippen molar-refractivity contribution in [2.24, 2.45) is 0 Å². The molecule has 7 nitrogen and oxygen atoms in total. The number of carbonyl (C=O) groups is 1. The lowest BCUT2D eigenvalue weighted by atomic mass is 10.0. The monoisotopic (exact) mass is 472 g/mol. The molecule has 0 saturated carbocycles. The van der Waals surface area contributed by atoms with Crippen molar-refractivity contribution in [2.75, 3.05) is 13.2 Å². The molecule has 0 amide bonds. The van der Waals surface area contributed by atoms with E-state index in [-0.39, 0.29) is 30.1 Å². The van der Waals surface area contributed by atoms with Crippen LogP contribution in [0, 0.1) is 6.92 Å². The van der Waals surface area contributed by atoms with Crippen LogP contribution in [-0.4, -0.2) is 34.1 Å². The van der Waals surface area contributed by atoms with Gasteiger partial charge in [0.25, 0.3) is 0 Å². The van der Waals surface area contributed by atoms with Crippen molar-refractivity contribution in [1.82, 2.24) is 9.88 Å². The summed E-state index contributed by atoms with van der Waals surface area (Å²) in [4.78, 5) is 31.6. The van der Waals surface area contributed by atoms with Crippen molar-refractivity contribution in [3.8, 4) is 16.9 Å². The highest BCUT2D eigenvalue weighted by atomic mass is 16.5. The normalized spacial score (nSPS) is 11.2. The summed E-state index contributed by atoms with van der Waals surface area (Å²) in [6.45, 7) is 5.01. The molecule has 0 radical (unpaired) electrons. The van der Waals surface area contributed by atoms with Gasteiger partial charge in [-0.1, -0.05) is 36.4 Å². The first-order valence-corrected chi connectivity index (χ1v) is 11.6. The van der Waals surface area contributed by atoms with Gasteiger partial charge in [-0.2, -0.15) is 0 Å². The van der Waals surface area contributed by atoms with Gasteiger partial charge in [0, 0.05) is 32.0 Å². The van der Waals surface area contributed by atoms with Crippen LogP contribution in [0.15, 0.2) is 76.2 Å². The number of fused-ring (bicyclic) bond motifs is 1. The molecule has 2 aromatic heterocycles. The smallest absolute Gasteiger partial charge is 0.307 e. The van der Waals surface area contributed by atoms with Crippen LogP contribution < -0.4 is 5.43 Å². The quantitative estimate of drug-likeness (QED) is 0.349. The molecule has 2 aromatic carbocycles. The van der Waals surface area contributed by atoms with E-state index in [4.69, 9.17) is 9.15 Å². The Bertz CT molecular complexity index is 1370. The summed E-state index contributed by atoms with van der Waals surface area (Å²) < 4.78 is 11.3. The molecule has 0 aliphatic carbocycles. The zero-order valence-corrected chi connectivity index (χ0v) is 19.9. The maximum absolute atomic E-state index is 13.5. The molecule has 1 N–H and O–H groups in total. The molecule has 0 spiro atoms. The van der Waals surface area contributed by atoms with Crippen molar-refractivity contribution in [1.29, 1.82) is 0 Å². The summed E-state index contributed by atoms with van der Waals surface area (Å²) in [7, 11) is 0. The third kappa shape index (κ3) is 5.58. The predicted octanol–water partition coefficient (Wildman–Crippen LogP) is 4.82. The third-order valence-corrected chi connectivity index (χ3v) is 5.83. The zero-order valence-electron chi connectivity index (χ0n) is 19.9. The van der Waals surface area contributed by atoms with Crippen LogP contribution >= 0.6 is 0 Å². The number of nitrogens with zero attached hydrogens (tertiary/aromatic N) is 2. The Kier molecular flexibility index (Phi) is 7.57. The molecule has 0 saturated heterocycles. The molecule has 0 aliphatic heterocycles. The lowest BCUT2D eigenvalue weighted by Gasteiger charge is -2.23. The maximum atomic E-state index is 13.5. The van der Waals surface area contributed by atoms with Crippen LogP contribution in [0.5, 0.6) is 5.75 Å². The Morgan fingerprint density at radius 2 is 1.89 bits per heavy atom. The average molecular weight is 473 g/mol. The van der Waals surface area contributed by atoms with E-state index < -0.39 is 0 Å². The molecule has 2 heterocycles. The number of pyridine rings is 1. The number of phenols is 1. The van der Waals surface area contributed by atoms with Gasteiger partial charge in [-0.05, 0) is 43.2 Å². The van der Waals surface area contributed by atoms with E-state index in [0.717, 1.165) is 11.1 Å². The number of esters is 1. The van der Waals surface area contributed by atoms with Crippen molar-refractivity contribution in [3.05, 3.63) is 94.1 Å². The first kappa shape index (κ1) is 24.2. The molecule has 35 heavy (non-hydrogen) atoms. The lowest BCUT2D eigenvalue weighted by molar-refractivity contribution is -0.143. The van der Waals surface area contributed by atoms with Gasteiger partial charge in [0.1, 0.15) is 17.1 Å². The molecule has 0 atom stereocenters. The summed E-state index contributed by atoms with van der Waals surface area (Å²) in [5.74, 6) is 0.214. The number of phenolic OH excluding ortho intramolecular Hbond substituents is 1. The molecule has 180 valence electrons. The fraction of sp³-hybridized carbons (Fsp3) is 0.250. The van der Waals surface area contributed by atoms with Gasteiger partial charge >= 0.3 is 5.97 Å². The van der Waals surface area contributed by atoms with Crippen LogP contribution in [0.4, 0.5) is 0 Å². The van der Waals surface area contributed by atoms with E-state index in [1.54, 1.807) is 32.3 Å². The first-order valence-electron chi connectivity index (χ1n) is 11.6. The molecule has 0 bridgehead atoms. The number of ether oxygens (including phenoxy) is 1. The average Bonchev–Trinajstić information content (AvgIpc) is 2.86. The van der Waals surface area contributed by atoms with Crippen molar-refractivity contribution in [3.63, 3.8) is 0 Å². The molecule has 7 heteroatoms. The van der Waals surface area contributed by atoms with Gasteiger partial charge in [0.15, 0.2) is 0 Å². The Labute approximate surface area is 203 Å². The Morgan fingerprint density at radius 1 is 1.09 bits per heavy atom. The number of hydrogen-bond donors (Lipinski definition) is 1. The van der Waals surface area contributed by atoms with Crippen molar-refractivity contribution in [2.45, 2.75) is 33.4 Å². The van der Waals surface area contributed by atoms with Gasteiger partial charge < -0.3 is 14.3 Å². The van der Waals surface area contributed by atoms with Crippen molar-refractivity contribution < 1.29 is 19.1 Å². The van der Waals surface area contributed by atoms with Gasteiger partial charge in [-0.3, -0.25) is 19.5 Å². The number of carbonyl (C=O) groups excluding carboxylic acids is 1. The summed E-state index contributed by atoms with van der Waals surface area (Å²) >= 11 is 0. The highest BCUT2D eigenvalue weighted by Crippen LogP contribution is 2.31. The standard InChI is InChI=1S/C28H28N2O5/c1-3-34-25(32)13-15-30(17-20-8-7-14-29-16-20)18-23-24(31)12-11-22-27(33)26(19(2)35-28(22)23)21-9-5-4-6-10-21/h4-12,14,16,31H,3,13,15,17-18H2,1-2H3. The van der Waals surface area contributed by atoms with Crippen LogP contribution in [-0.2, 0) is 22.6 Å². The molecule has 0 unspecified atom stereocenters. The summed E-state index contributed by atoms with van der Waals surface area (Å²) in [5, 5.41) is 11.2. The van der Waals surface area contributed by atoms with Gasteiger partial charge in [-0.15, -0.1) is 0 Å². The number of aromatic nitrogens is 1. The molecule has 0 aliphatic rings. The highest BCUT2D eigenvalue weighted by Gasteiger charge is 2.20. The minimum atomic E-state index is -0.291. The predicted molar refractivity (Wildman–Crippen MR) is 134 cm³/mol. The molecule has 4 aromatic rings. The zero-order chi connectivity index (χ0) is 24.8. The molecular weight excluding hydrogens is 444 g/mol. The number of benzene rings is 2. The number of aromatic hydroxyl groups is 1. The Morgan fingerprint density at radius 3 is 2.60 bits per heavy atom. The molecule has 4 rings (SSSR count). The minimum Gasteiger partial charge on any atom is -0.507 e. The number of aryl methyl sites for hydroxylation is 1. The molecular formula is C28H28N2O5. The van der Waals surface area contributed by atoms with Gasteiger partial charge in [-0.25, -0.2) is 0 Å². The van der Waals surface area contributed by atoms with Crippen LogP contribution in [0.2, 0.25) is 0 Å². The van der Waals surface area contributed by atoms with E-state index in [1.165, 1.54) is 6.07 Å².